The van der Waals surface area contributed by atoms with Crippen LogP contribution >= 0.6 is 0 Å². The van der Waals surface area contributed by atoms with Crippen LogP contribution in [0.1, 0.15) is 63.0 Å². The summed E-state index contributed by atoms with van der Waals surface area (Å²) >= 11 is 0. The Morgan fingerprint density at radius 1 is 1.30 bits per heavy atom. The van der Waals surface area contributed by atoms with Crippen LogP contribution in [0.5, 0.6) is 0 Å². The van der Waals surface area contributed by atoms with E-state index in [1.165, 1.54) is 24.0 Å². The van der Waals surface area contributed by atoms with E-state index in [1.54, 1.807) is 0 Å². The first kappa shape index (κ1) is 15.1. The molecule has 1 N–H and O–H groups in total. The van der Waals surface area contributed by atoms with Crippen molar-refractivity contribution in [3.8, 4) is 0 Å². The third kappa shape index (κ3) is 3.84. The van der Waals surface area contributed by atoms with Crippen molar-refractivity contribution in [2.75, 3.05) is 0 Å². The molecule has 3 atom stereocenters. The van der Waals surface area contributed by atoms with Gasteiger partial charge in [-0.3, -0.25) is 4.79 Å². The zero-order valence-corrected chi connectivity index (χ0v) is 12.6. The van der Waals surface area contributed by atoms with E-state index in [4.69, 9.17) is 5.11 Å². The van der Waals surface area contributed by atoms with E-state index in [1.807, 2.05) is 0 Å². The Kier molecular flexibility index (Phi) is 5.22. The second-order valence-corrected chi connectivity index (χ2v) is 6.13. The zero-order chi connectivity index (χ0) is 14.5. The first-order valence-electron chi connectivity index (χ1n) is 7.97. The van der Waals surface area contributed by atoms with Crippen LogP contribution in [-0.2, 0) is 11.2 Å². The minimum absolute atomic E-state index is 0.0760. The minimum Gasteiger partial charge on any atom is -0.481 e. The van der Waals surface area contributed by atoms with Gasteiger partial charge in [0.05, 0.1) is 5.92 Å². The third-order valence-corrected chi connectivity index (χ3v) is 4.59. The Morgan fingerprint density at radius 2 is 2.00 bits per heavy atom. The molecule has 0 bridgehead atoms. The normalized spacial score (nSPS) is 22.5. The molecule has 1 aromatic carbocycles. The Balaban J connectivity index is 1.92. The maximum atomic E-state index is 10.9. The molecule has 0 aromatic heterocycles. The molecule has 2 rings (SSSR count). The van der Waals surface area contributed by atoms with Crippen LogP contribution in [0, 0.1) is 11.8 Å². The van der Waals surface area contributed by atoms with E-state index < -0.39 is 5.97 Å². The number of aliphatic carboxylic acids is 1. The molecule has 1 aliphatic carbocycles. The van der Waals surface area contributed by atoms with Crippen molar-refractivity contribution in [2.24, 2.45) is 11.8 Å². The van der Waals surface area contributed by atoms with Crippen LogP contribution in [0.2, 0.25) is 0 Å². The third-order valence-electron chi connectivity index (χ3n) is 4.59. The summed E-state index contributed by atoms with van der Waals surface area (Å²) in [4.78, 5) is 10.9. The number of unbranched alkanes of at least 4 members (excludes halogenated alkanes) is 1. The number of carboxylic acid groups (broad SMARTS) is 1. The van der Waals surface area contributed by atoms with Crippen LogP contribution < -0.4 is 0 Å². The summed E-state index contributed by atoms with van der Waals surface area (Å²) in [6.07, 6.45) is 6.65. The second kappa shape index (κ2) is 6.92. The summed E-state index contributed by atoms with van der Waals surface area (Å²) in [5.74, 6) is 0.231. The summed E-state index contributed by atoms with van der Waals surface area (Å²) in [7, 11) is 0. The van der Waals surface area contributed by atoms with Crippen LogP contribution in [-0.4, -0.2) is 11.1 Å². The highest BCUT2D eigenvalue weighted by Gasteiger charge is 2.43. The SMILES string of the molecule is CCCCc1ccc(C(CC)CC2CC2C(=O)O)cc1. The Hall–Kier alpha value is -1.31. The lowest BCUT2D eigenvalue weighted by atomic mass is 9.90. The largest absolute Gasteiger partial charge is 0.481 e. The number of hydrogen-bond donors (Lipinski definition) is 1. The highest BCUT2D eigenvalue weighted by molar-refractivity contribution is 5.73. The first-order chi connectivity index (χ1) is 9.65. The van der Waals surface area contributed by atoms with Gasteiger partial charge in [0, 0.05) is 0 Å². The number of aryl methyl sites for hydroxylation is 1. The average molecular weight is 274 g/mol. The molecule has 1 saturated carbocycles. The molecular weight excluding hydrogens is 248 g/mol. The molecular formula is C18H26O2. The maximum Gasteiger partial charge on any atom is 0.306 e. The molecule has 20 heavy (non-hydrogen) atoms. The van der Waals surface area contributed by atoms with E-state index in [-0.39, 0.29) is 5.92 Å². The lowest BCUT2D eigenvalue weighted by molar-refractivity contribution is -0.138. The van der Waals surface area contributed by atoms with Crippen LogP contribution in [0.3, 0.4) is 0 Å². The van der Waals surface area contributed by atoms with E-state index in [0.717, 1.165) is 25.7 Å². The van der Waals surface area contributed by atoms with Gasteiger partial charge >= 0.3 is 5.97 Å². The molecule has 0 saturated heterocycles. The monoisotopic (exact) mass is 274 g/mol. The predicted molar refractivity (Wildman–Crippen MR) is 81.9 cm³/mol. The van der Waals surface area contributed by atoms with Crippen molar-refractivity contribution >= 4 is 5.97 Å². The summed E-state index contributed by atoms with van der Waals surface area (Å²) in [5, 5.41) is 9.00. The standard InChI is InChI=1S/C18H26O2/c1-3-5-6-13-7-9-15(10-8-13)14(4-2)11-16-12-17(16)18(19)20/h7-10,14,16-17H,3-6,11-12H2,1-2H3,(H,19,20). The van der Waals surface area contributed by atoms with Crippen molar-refractivity contribution < 1.29 is 9.90 Å². The summed E-state index contributed by atoms with van der Waals surface area (Å²) in [6, 6.07) is 8.99. The molecule has 0 spiro atoms. The van der Waals surface area contributed by atoms with Crippen LogP contribution in [0.25, 0.3) is 0 Å². The van der Waals surface area contributed by atoms with Crippen molar-refractivity contribution in [3.05, 3.63) is 35.4 Å². The molecule has 2 nitrogen and oxygen atoms in total. The van der Waals surface area contributed by atoms with Crippen LogP contribution in [0.4, 0.5) is 0 Å². The minimum atomic E-state index is -0.611. The molecule has 0 amide bonds. The Morgan fingerprint density at radius 3 is 2.50 bits per heavy atom. The molecule has 0 aliphatic heterocycles. The predicted octanol–water partition coefficient (Wildman–Crippen LogP) is 4.63. The molecule has 1 aliphatic rings. The topological polar surface area (TPSA) is 37.3 Å². The molecule has 2 heteroatoms. The summed E-state index contributed by atoms with van der Waals surface area (Å²) in [5.41, 5.74) is 2.80. The van der Waals surface area contributed by atoms with E-state index >= 15 is 0 Å². The molecule has 0 heterocycles. The highest BCUT2D eigenvalue weighted by Crippen LogP contribution is 2.46. The fourth-order valence-electron chi connectivity index (χ4n) is 3.05. The fraction of sp³-hybridized carbons (Fsp3) is 0.611. The van der Waals surface area contributed by atoms with Crippen LogP contribution in [0.15, 0.2) is 24.3 Å². The van der Waals surface area contributed by atoms with Gasteiger partial charge in [0.2, 0.25) is 0 Å². The number of rotatable bonds is 8. The molecule has 3 unspecified atom stereocenters. The quantitative estimate of drug-likeness (QED) is 0.750. The Labute approximate surface area is 122 Å². The number of carbonyl (C=O) groups is 1. The summed E-state index contributed by atoms with van der Waals surface area (Å²) in [6.45, 7) is 4.42. The van der Waals surface area contributed by atoms with Crippen molar-refractivity contribution in [1.82, 2.24) is 0 Å². The average Bonchev–Trinajstić information content (AvgIpc) is 3.23. The van der Waals surface area contributed by atoms with Gasteiger partial charge in [-0.2, -0.15) is 0 Å². The van der Waals surface area contributed by atoms with E-state index in [9.17, 15) is 4.79 Å². The van der Waals surface area contributed by atoms with Crippen molar-refractivity contribution in [2.45, 2.75) is 58.3 Å². The number of hydrogen-bond acceptors (Lipinski definition) is 1. The maximum absolute atomic E-state index is 10.9. The van der Waals surface area contributed by atoms with Crippen molar-refractivity contribution in [3.63, 3.8) is 0 Å². The van der Waals surface area contributed by atoms with Gasteiger partial charge in [-0.15, -0.1) is 0 Å². The highest BCUT2D eigenvalue weighted by atomic mass is 16.4. The van der Waals surface area contributed by atoms with Crippen molar-refractivity contribution in [1.29, 1.82) is 0 Å². The lowest BCUT2D eigenvalue weighted by Gasteiger charge is -2.15. The van der Waals surface area contributed by atoms with E-state index in [2.05, 4.69) is 38.1 Å². The lowest BCUT2D eigenvalue weighted by Crippen LogP contribution is -2.04. The summed E-state index contributed by atoms with van der Waals surface area (Å²) < 4.78 is 0. The van der Waals surface area contributed by atoms with Gasteiger partial charge < -0.3 is 5.11 Å². The smallest absolute Gasteiger partial charge is 0.306 e. The molecule has 0 radical (unpaired) electrons. The number of benzene rings is 1. The molecule has 110 valence electrons. The van der Waals surface area contributed by atoms with Gasteiger partial charge in [-0.1, -0.05) is 44.5 Å². The molecule has 1 aromatic rings. The molecule has 1 fully saturated rings. The number of carboxylic acids is 1. The Bertz CT molecular complexity index is 435. The van der Waals surface area contributed by atoms with Gasteiger partial charge in [-0.05, 0) is 55.1 Å². The second-order valence-electron chi connectivity index (χ2n) is 6.13. The van der Waals surface area contributed by atoms with Gasteiger partial charge in [0.25, 0.3) is 0 Å². The fourth-order valence-corrected chi connectivity index (χ4v) is 3.05. The van der Waals surface area contributed by atoms with E-state index in [0.29, 0.717) is 11.8 Å². The van der Waals surface area contributed by atoms with Gasteiger partial charge in [0.15, 0.2) is 0 Å². The zero-order valence-electron chi connectivity index (χ0n) is 12.6. The first-order valence-corrected chi connectivity index (χ1v) is 7.97. The van der Waals surface area contributed by atoms with Gasteiger partial charge in [-0.25, -0.2) is 0 Å². The van der Waals surface area contributed by atoms with Gasteiger partial charge in [0.1, 0.15) is 0 Å².